The molecule has 0 aliphatic heterocycles. The summed E-state index contributed by atoms with van der Waals surface area (Å²) < 4.78 is 2.38. The minimum atomic E-state index is 0.648. The standard InChI is InChI=1S/C47H28N4/c1-3-10-31(11-4-1)45-48-46(32-12-5-2-6-13-32)50-47(49-45)35-21-18-29-22-23-37(28-36(29)27-35)51-25-24-34-26-33-20-19-30-14-9-17-39-38-15-7-8-16-40(38)44(51)43(34)42(33)41(30)39/h1-28H. The molecule has 51 heavy (non-hydrogen) atoms. The Morgan fingerprint density at radius 1 is 0.333 bits per heavy atom. The second-order valence-corrected chi connectivity index (χ2v) is 13.3. The predicted molar refractivity (Wildman–Crippen MR) is 212 cm³/mol. The molecule has 4 heteroatoms. The van der Waals surface area contributed by atoms with Gasteiger partial charge in [0, 0.05) is 44.7 Å². The van der Waals surface area contributed by atoms with E-state index in [1.807, 2.05) is 60.7 Å². The number of fused-ring (bicyclic) bond motifs is 4. The Labute approximate surface area is 293 Å². The molecule has 11 rings (SSSR count). The van der Waals surface area contributed by atoms with Gasteiger partial charge in [-0.25, -0.2) is 15.0 Å². The first-order chi connectivity index (χ1) is 25.3. The van der Waals surface area contributed by atoms with Crippen LogP contribution in [0.4, 0.5) is 0 Å². The fourth-order valence-corrected chi connectivity index (χ4v) is 7.99. The van der Waals surface area contributed by atoms with E-state index in [1.54, 1.807) is 0 Å². The third kappa shape index (κ3) is 4.30. The van der Waals surface area contributed by atoms with Crippen molar-refractivity contribution in [3.05, 3.63) is 170 Å². The van der Waals surface area contributed by atoms with Crippen molar-refractivity contribution in [1.29, 1.82) is 0 Å². The van der Waals surface area contributed by atoms with Crippen molar-refractivity contribution in [3.8, 4) is 39.9 Å². The van der Waals surface area contributed by atoms with Crippen molar-refractivity contribution in [2.45, 2.75) is 0 Å². The number of hydrogen-bond acceptors (Lipinski definition) is 3. The first-order valence-electron chi connectivity index (χ1n) is 17.3. The van der Waals surface area contributed by atoms with E-state index in [2.05, 4.69) is 114 Å². The summed E-state index contributed by atoms with van der Waals surface area (Å²) in [6, 6.07) is 58.2. The second-order valence-electron chi connectivity index (χ2n) is 13.3. The van der Waals surface area contributed by atoms with Gasteiger partial charge in [-0.15, -0.1) is 0 Å². The van der Waals surface area contributed by atoms with E-state index in [9.17, 15) is 0 Å². The zero-order valence-corrected chi connectivity index (χ0v) is 27.5. The average Bonchev–Trinajstić information content (AvgIpc) is 3.53. The van der Waals surface area contributed by atoms with Gasteiger partial charge in [0.2, 0.25) is 0 Å². The normalized spacial score (nSPS) is 11.9. The summed E-state index contributed by atoms with van der Waals surface area (Å²) in [6.07, 6.45) is 2.23. The van der Waals surface area contributed by atoms with Gasteiger partial charge >= 0.3 is 0 Å². The van der Waals surface area contributed by atoms with Gasteiger partial charge in [-0.1, -0.05) is 133 Å². The van der Waals surface area contributed by atoms with E-state index in [0.29, 0.717) is 17.5 Å². The summed E-state index contributed by atoms with van der Waals surface area (Å²) in [5.41, 5.74) is 5.18. The first-order valence-corrected chi connectivity index (χ1v) is 17.3. The zero-order valence-electron chi connectivity index (χ0n) is 27.5. The molecule has 0 fully saturated rings. The van der Waals surface area contributed by atoms with Crippen LogP contribution < -0.4 is 0 Å². The molecule has 0 amide bonds. The summed E-state index contributed by atoms with van der Waals surface area (Å²) in [4.78, 5) is 14.9. The van der Waals surface area contributed by atoms with Crippen molar-refractivity contribution >= 4 is 64.8 Å². The molecule has 2 aromatic heterocycles. The highest BCUT2D eigenvalue weighted by molar-refractivity contribution is 6.37. The Kier molecular flexibility index (Phi) is 5.92. The second kappa shape index (κ2) is 10.8. The van der Waals surface area contributed by atoms with Crippen molar-refractivity contribution in [3.63, 3.8) is 0 Å². The molecule has 0 saturated carbocycles. The van der Waals surface area contributed by atoms with E-state index in [1.165, 1.54) is 54.0 Å². The third-order valence-electron chi connectivity index (χ3n) is 10.3. The van der Waals surface area contributed by atoms with Crippen molar-refractivity contribution < 1.29 is 0 Å². The molecular weight excluding hydrogens is 621 g/mol. The van der Waals surface area contributed by atoms with E-state index >= 15 is 0 Å². The molecule has 236 valence electrons. The smallest absolute Gasteiger partial charge is 0.164 e. The molecule has 0 radical (unpaired) electrons. The molecule has 11 aromatic rings. The van der Waals surface area contributed by atoms with Crippen LogP contribution in [0.15, 0.2) is 170 Å². The molecule has 0 unspecified atom stereocenters. The van der Waals surface area contributed by atoms with Gasteiger partial charge in [0.05, 0.1) is 5.52 Å². The van der Waals surface area contributed by atoms with Gasteiger partial charge in [-0.2, -0.15) is 0 Å². The van der Waals surface area contributed by atoms with Crippen molar-refractivity contribution in [2.75, 3.05) is 0 Å². The van der Waals surface area contributed by atoms with Gasteiger partial charge < -0.3 is 4.57 Å². The lowest BCUT2D eigenvalue weighted by Crippen LogP contribution is -2.00. The summed E-state index contributed by atoms with van der Waals surface area (Å²) in [7, 11) is 0. The molecular formula is C47H28N4. The summed E-state index contributed by atoms with van der Waals surface area (Å²) in [6.45, 7) is 0. The Balaban J connectivity index is 1.15. The van der Waals surface area contributed by atoms with Gasteiger partial charge in [-0.3, -0.25) is 0 Å². The van der Waals surface area contributed by atoms with Crippen LogP contribution in [0.2, 0.25) is 0 Å². The first kappa shape index (κ1) is 28.0. The molecule has 0 aliphatic carbocycles. The molecule has 0 spiro atoms. The van der Waals surface area contributed by atoms with Crippen LogP contribution in [-0.2, 0) is 0 Å². The molecule has 0 atom stereocenters. The van der Waals surface area contributed by atoms with Crippen LogP contribution in [-0.4, -0.2) is 19.5 Å². The van der Waals surface area contributed by atoms with Crippen LogP contribution in [0.1, 0.15) is 0 Å². The van der Waals surface area contributed by atoms with Crippen LogP contribution in [0, 0.1) is 0 Å². The summed E-state index contributed by atoms with van der Waals surface area (Å²) in [5.74, 6) is 1.96. The fourth-order valence-electron chi connectivity index (χ4n) is 7.99. The lowest BCUT2D eigenvalue weighted by atomic mass is 10.00. The van der Waals surface area contributed by atoms with Gasteiger partial charge in [0.25, 0.3) is 0 Å². The van der Waals surface area contributed by atoms with E-state index in [4.69, 9.17) is 15.0 Å². The average molecular weight is 649 g/mol. The number of nitrogens with zero attached hydrogens (tertiary/aromatic N) is 4. The van der Waals surface area contributed by atoms with Crippen molar-refractivity contribution in [1.82, 2.24) is 19.5 Å². The molecule has 0 bridgehead atoms. The monoisotopic (exact) mass is 648 g/mol. The number of pyridine rings is 1. The largest absolute Gasteiger partial charge is 0.316 e. The lowest BCUT2D eigenvalue weighted by molar-refractivity contribution is 1.07. The van der Waals surface area contributed by atoms with Crippen molar-refractivity contribution in [2.24, 2.45) is 0 Å². The maximum atomic E-state index is 5.00. The summed E-state index contributed by atoms with van der Waals surface area (Å²) >= 11 is 0. The maximum absolute atomic E-state index is 5.00. The minimum absolute atomic E-state index is 0.648. The molecule has 9 aromatic carbocycles. The molecule has 0 N–H and O–H groups in total. The Hall–Kier alpha value is -6.91. The summed E-state index contributed by atoms with van der Waals surface area (Å²) in [5, 5.41) is 13.8. The molecule has 2 heterocycles. The minimum Gasteiger partial charge on any atom is -0.316 e. The quantitative estimate of drug-likeness (QED) is 0.191. The lowest BCUT2D eigenvalue weighted by Gasteiger charge is -2.14. The molecule has 4 nitrogen and oxygen atoms in total. The van der Waals surface area contributed by atoms with Gasteiger partial charge in [-0.05, 0) is 73.4 Å². The van der Waals surface area contributed by atoms with Crippen LogP contribution in [0.25, 0.3) is 105 Å². The van der Waals surface area contributed by atoms with E-state index in [0.717, 1.165) is 33.2 Å². The van der Waals surface area contributed by atoms with Crippen LogP contribution >= 0.6 is 0 Å². The fraction of sp³-hybridized carbons (Fsp3) is 0. The highest BCUT2D eigenvalue weighted by atomic mass is 15.0. The number of aromatic nitrogens is 4. The number of benzene rings is 7. The molecule has 0 aliphatic rings. The zero-order chi connectivity index (χ0) is 33.5. The van der Waals surface area contributed by atoms with Gasteiger partial charge in [0.1, 0.15) is 0 Å². The SMILES string of the molecule is c1ccc(-c2nc(-c3ccccc3)nc(-c3ccc4ccc(-n5ccc6cc7ccc8cccc9c%10ccccc%10c5c6c7c89)cc4c3)n2)cc1. The topological polar surface area (TPSA) is 43.6 Å². The third-order valence-corrected chi connectivity index (χ3v) is 10.3. The van der Waals surface area contributed by atoms with E-state index in [-0.39, 0.29) is 0 Å². The Bertz CT molecular complexity index is 3070. The number of rotatable bonds is 4. The van der Waals surface area contributed by atoms with Crippen LogP contribution in [0.3, 0.4) is 0 Å². The highest BCUT2D eigenvalue weighted by Crippen LogP contribution is 2.44. The molecule has 0 saturated heterocycles. The Morgan fingerprint density at radius 3 is 1.71 bits per heavy atom. The Morgan fingerprint density at radius 2 is 0.941 bits per heavy atom. The predicted octanol–water partition coefficient (Wildman–Crippen LogP) is 12.0. The van der Waals surface area contributed by atoms with Crippen LogP contribution in [0.5, 0.6) is 0 Å². The van der Waals surface area contributed by atoms with Gasteiger partial charge in [0.15, 0.2) is 17.5 Å². The van der Waals surface area contributed by atoms with E-state index < -0.39 is 0 Å². The number of hydrogen-bond donors (Lipinski definition) is 0. The highest BCUT2D eigenvalue weighted by Gasteiger charge is 2.19. The maximum Gasteiger partial charge on any atom is 0.164 e.